The molecule has 0 aliphatic carbocycles. The summed E-state index contributed by atoms with van der Waals surface area (Å²) < 4.78 is 25.7. The summed E-state index contributed by atoms with van der Waals surface area (Å²) in [6.45, 7) is 0.737. The number of hydrogen-bond donors (Lipinski definition) is 2. The molecule has 1 rings (SSSR count). The number of halogens is 2. The van der Waals surface area contributed by atoms with Crippen molar-refractivity contribution in [2.24, 2.45) is 11.7 Å². The lowest BCUT2D eigenvalue weighted by Gasteiger charge is -2.29. The molecule has 1 aliphatic rings. The Morgan fingerprint density at radius 1 is 1.55 bits per heavy atom. The van der Waals surface area contributed by atoms with Gasteiger partial charge in [0.1, 0.15) is 0 Å². The molecule has 0 aromatic carbocycles. The average molecular weight is 164 g/mol. The molecule has 0 aromatic rings. The van der Waals surface area contributed by atoms with Gasteiger partial charge in [0.25, 0.3) is 5.92 Å². The number of nitrogens with two attached hydrogens (primary N) is 1. The van der Waals surface area contributed by atoms with Crippen molar-refractivity contribution in [1.82, 2.24) is 5.32 Å². The van der Waals surface area contributed by atoms with Crippen LogP contribution in [0.4, 0.5) is 8.78 Å². The molecule has 3 N–H and O–H groups in total. The Morgan fingerprint density at radius 2 is 2.27 bits per heavy atom. The van der Waals surface area contributed by atoms with Crippen LogP contribution in [-0.4, -0.2) is 25.6 Å². The smallest absolute Gasteiger partial charge is 0.264 e. The largest absolute Gasteiger partial charge is 0.325 e. The predicted octanol–water partition coefficient (Wildman–Crippen LogP) is 0.580. The van der Waals surface area contributed by atoms with Crippen LogP contribution in [0.3, 0.4) is 0 Å². The first kappa shape index (κ1) is 8.87. The second-order valence-electron chi connectivity index (χ2n) is 3.01. The van der Waals surface area contributed by atoms with Gasteiger partial charge in [-0.2, -0.15) is 0 Å². The van der Waals surface area contributed by atoms with Gasteiger partial charge < -0.3 is 11.1 Å². The first-order valence-electron chi connectivity index (χ1n) is 3.95. The molecule has 0 spiro atoms. The number of alkyl halides is 2. The Hall–Kier alpha value is -0.220. The fourth-order valence-corrected chi connectivity index (χ4v) is 1.38. The molecular weight excluding hydrogens is 150 g/mol. The minimum Gasteiger partial charge on any atom is -0.325 e. The average Bonchev–Trinajstić information content (AvgIpc) is 2.06. The van der Waals surface area contributed by atoms with E-state index in [4.69, 9.17) is 5.73 Å². The van der Waals surface area contributed by atoms with E-state index < -0.39 is 18.4 Å². The van der Waals surface area contributed by atoms with Gasteiger partial charge in [-0.05, 0) is 19.4 Å². The fourth-order valence-electron chi connectivity index (χ4n) is 1.38. The molecule has 1 atom stereocenters. The van der Waals surface area contributed by atoms with Gasteiger partial charge >= 0.3 is 0 Å². The van der Waals surface area contributed by atoms with Crippen LogP contribution in [0.5, 0.6) is 0 Å². The van der Waals surface area contributed by atoms with Crippen molar-refractivity contribution in [3.8, 4) is 0 Å². The van der Waals surface area contributed by atoms with Gasteiger partial charge in [0.05, 0.1) is 6.54 Å². The van der Waals surface area contributed by atoms with Crippen LogP contribution in [0.25, 0.3) is 0 Å². The van der Waals surface area contributed by atoms with E-state index in [1.54, 1.807) is 0 Å². The van der Waals surface area contributed by atoms with Gasteiger partial charge in [0.2, 0.25) is 0 Å². The van der Waals surface area contributed by atoms with Crippen molar-refractivity contribution in [2.75, 3.05) is 19.6 Å². The molecule has 0 bridgehead atoms. The molecule has 66 valence electrons. The highest BCUT2D eigenvalue weighted by molar-refractivity contribution is 4.82. The summed E-state index contributed by atoms with van der Waals surface area (Å²) in [6.07, 6.45) is 1.43. The minimum absolute atomic E-state index is 0.407. The van der Waals surface area contributed by atoms with Crippen LogP contribution in [-0.2, 0) is 0 Å². The van der Waals surface area contributed by atoms with E-state index in [1.165, 1.54) is 0 Å². The van der Waals surface area contributed by atoms with Gasteiger partial charge in [0.15, 0.2) is 0 Å². The quantitative estimate of drug-likeness (QED) is 0.626. The van der Waals surface area contributed by atoms with Crippen LogP contribution in [0.1, 0.15) is 12.8 Å². The molecule has 11 heavy (non-hydrogen) atoms. The van der Waals surface area contributed by atoms with Gasteiger partial charge in [-0.25, -0.2) is 8.78 Å². The van der Waals surface area contributed by atoms with Crippen LogP contribution in [0, 0.1) is 5.92 Å². The predicted molar refractivity (Wildman–Crippen MR) is 39.6 cm³/mol. The zero-order valence-corrected chi connectivity index (χ0v) is 6.45. The van der Waals surface area contributed by atoms with Crippen molar-refractivity contribution < 1.29 is 8.78 Å². The van der Waals surface area contributed by atoms with Crippen LogP contribution >= 0.6 is 0 Å². The molecule has 1 unspecified atom stereocenters. The van der Waals surface area contributed by atoms with Crippen LogP contribution < -0.4 is 11.1 Å². The molecule has 0 amide bonds. The fraction of sp³-hybridized carbons (Fsp3) is 1.00. The van der Waals surface area contributed by atoms with Crippen LogP contribution in [0.2, 0.25) is 0 Å². The Kier molecular flexibility index (Phi) is 2.78. The molecular formula is C7H14F2N2. The van der Waals surface area contributed by atoms with Crippen molar-refractivity contribution in [1.29, 1.82) is 0 Å². The number of nitrogens with one attached hydrogen (secondary N) is 1. The third-order valence-electron chi connectivity index (χ3n) is 2.17. The topological polar surface area (TPSA) is 38.0 Å². The summed E-state index contributed by atoms with van der Waals surface area (Å²) in [5.74, 6) is -3.23. The Labute approximate surface area is 65.1 Å². The highest BCUT2D eigenvalue weighted by Gasteiger charge is 2.38. The first-order valence-corrected chi connectivity index (χ1v) is 3.95. The lowest BCUT2D eigenvalue weighted by Crippen LogP contribution is -2.44. The highest BCUT2D eigenvalue weighted by Crippen LogP contribution is 2.28. The Bertz CT molecular complexity index is 122. The SMILES string of the molecule is NCC(F)(F)C1CCCNC1. The Balaban J connectivity index is 2.43. The minimum atomic E-state index is -2.67. The number of rotatable bonds is 2. The summed E-state index contributed by atoms with van der Waals surface area (Å²) >= 11 is 0. The molecule has 4 heteroatoms. The van der Waals surface area contributed by atoms with Gasteiger partial charge in [-0.3, -0.25) is 0 Å². The normalized spacial score (nSPS) is 27.0. The maximum absolute atomic E-state index is 12.9. The van der Waals surface area contributed by atoms with Crippen molar-refractivity contribution in [3.63, 3.8) is 0 Å². The third-order valence-corrected chi connectivity index (χ3v) is 2.17. The zero-order valence-electron chi connectivity index (χ0n) is 6.45. The summed E-state index contributed by atoms with van der Waals surface area (Å²) in [6, 6.07) is 0. The first-order chi connectivity index (χ1) is 5.17. The maximum atomic E-state index is 12.9. The van der Waals surface area contributed by atoms with E-state index in [0.29, 0.717) is 13.0 Å². The van der Waals surface area contributed by atoms with E-state index in [0.717, 1.165) is 13.0 Å². The molecule has 0 saturated carbocycles. The molecule has 1 saturated heterocycles. The van der Waals surface area contributed by atoms with Crippen molar-refractivity contribution in [2.45, 2.75) is 18.8 Å². The molecule has 0 aromatic heterocycles. The summed E-state index contributed by atoms with van der Waals surface area (Å²) in [4.78, 5) is 0. The lowest BCUT2D eigenvalue weighted by atomic mass is 9.93. The number of hydrogen-bond acceptors (Lipinski definition) is 2. The molecule has 1 fully saturated rings. The van der Waals surface area contributed by atoms with E-state index >= 15 is 0 Å². The van der Waals surface area contributed by atoms with Gasteiger partial charge in [-0.15, -0.1) is 0 Å². The Morgan fingerprint density at radius 3 is 2.73 bits per heavy atom. The second kappa shape index (κ2) is 3.45. The van der Waals surface area contributed by atoms with Crippen LogP contribution in [0.15, 0.2) is 0 Å². The highest BCUT2D eigenvalue weighted by atomic mass is 19.3. The van der Waals surface area contributed by atoms with E-state index in [-0.39, 0.29) is 0 Å². The van der Waals surface area contributed by atoms with Gasteiger partial charge in [-0.1, -0.05) is 0 Å². The van der Waals surface area contributed by atoms with Crippen molar-refractivity contribution >= 4 is 0 Å². The third kappa shape index (κ3) is 2.10. The lowest BCUT2D eigenvalue weighted by molar-refractivity contribution is -0.0563. The van der Waals surface area contributed by atoms with E-state index in [2.05, 4.69) is 5.32 Å². The molecule has 1 aliphatic heterocycles. The van der Waals surface area contributed by atoms with E-state index in [1.807, 2.05) is 0 Å². The zero-order chi connectivity index (χ0) is 8.32. The molecule has 1 heterocycles. The summed E-state index contributed by atoms with van der Waals surface area (Å²) in [5.41, 5.74) is 4.96. The number of piperidine rings is 1. The second-order valence-corrected chi connectivity index (χ2v) is 3.01. The maximum Gasteiger partial charge on any atom is 0.264 e. The van der Waals surface area contributed by atoms with Gasteiger partial charge in [0, 0.05) is 12.5 Å². The molecule has 2 nitrogen and oxygen atoms in total. The summed E-state index contributed by atoms with van der Waals surface area (Å²) in [5, 5.41) is 2.94. The monoisotopic (exact) mass is 164 g/mol. The molecule has 0 radical (unpaired) electrons. The van der Waals surface area contributed by atoms with Crippen molar-refractivity contribution in [3.05, 3.63) is 0 Å². The summed E-state index contributed by atoms with van der Waals surface area (Å²) in [7, 11) is 0. The standard InChI is InChI=1S/C7H14F2N2/c8-7(9,5-10)6-2-1-3-11-4-6/h6,11H,1-5,10H2. The van der Waals surface area contributed by atoms with E-state index in [9.17, 15) is 8.78 Å².